The molecule has 0 bridgehead atoms. The number of nitrogens with zero attached hydrogens (tertiary/aromatic N) is 2. The molecule has 0 saturated carbocycles. The number of hydrogen-bond donors (Lipinski definition) is 1. The van der Waals surface area contributed by atoms with Gasteiger partial charge in [0.25, 0.3) is 5.78 Å². The molecule has 1 unspecified atom stereocenters. The summed E-state index contributed by atoms with van der Waals surface area (Å²) in [5.74, 6) is -0.583. The zero-order valence-electron chi connectivity index (χ0n) is 23.8. The first-order valence-corrected chi connectivity index (χ1v) is 14.9. The van der Waals surface area contributed by atoms with E-state index in [4.69, 9.17) is 14.5 Å². The van der Waals surface area contributed by atoms with E-state index in [1.165, 1.54) is 16.2 Å². The van der Waals surface area contributed by atoms with Crippen LogP contribution in [0.15, 0.2) is 103 Å². The Hall–Kier alpha value is -4.95. The summed E-state index contributed by atoms with van der Waals surface area (Å²) in [5.41, 5.74) is 3.86. The lowest BCUT2D eigenvalue weighted by molar-refractivity contribution is -0.132. The molecule has 8 heteroatoms. The van der Waals surface area contributed by atoms with E-state index in [1.807, 2.05) is 74.5 Å². The maximum absolute atomic E-state index is 13.7. The second-order valence-corrected chi connectivity index (χ2v) is 11.4. The number of carbonyl (C=O) groups is 2. The second-order valence-electron chi connectivity index (χ2n) is 10.4. The summed E-state index contributed by atoms with van der Waals surface area (Å²) in [6, 6.07) is 29.0. The standard InChI is InChI=1S/C35H30N2O5S/c1-3-18-41-27-11-7-10-25(20-27)32(38)30-31(24-13-15-26(16-14-24)42-21-23-8-5-4-6-9-23)37(34(40)33(30)39)35-36-28-17-12-22(2)19-29(28)43-35/h4-17,19-20,31,38H,3,18,21H2,1-2H3. The molecule has 4 aromatic carbocycles. The first-order valence-electron chi connectivity index (χ1n) is 14.1. The topological polar surface area (TPSA) is 89.0 Å². The molecule has 43 heavy (non-hydrogen) atoms. The van der Waals surface area contributed by atoms with Crippen LogP contribution >= 0.6 is 11.3 Å². The molecule has 1 N–H and O–H groups in total. The monoisotopic (exact) mass is 590 g/mol. The van der Waals surface area contributed by atoms with Crippen LogP contribution in [0.25, 0.3) is 16.0 Å². The first kappa shape index (κ1) is 28.2. The quantitative estimate of drug-likeness (QED) is 0.108. The van der Waals surface area contributed by atoms with E-state index in [2.05, 4.69) is 0 Å². The molecule has 5 aromatic rings. The summed E-state index contributed by atoms with van der Waals surface area (Å²) in [4.78, 5) is 33.4. The van der Waals surface area contributed by atoms with Gasteiger partial charge in [-0.1, -0.05) is 78.9 Å². The number of carbonyl (C=O) groups excluding carboxylic acids is 2. The number of ether oxygens (including phenoxy) is 2. The zero-order valence-corrected chi connectivity index (χ0v) is 24.6. The average Bonchev–Trinajstić information content (AvgIpc) is 3.56. The van der Waals surface area contributed by atoms with Crippen LogP contribution in [0.2, 0.25) is 0 Å². The zero-order chi connectivity index (χ0) is 29.9. The molecular formula is C35H30N2O5S. The Bertz CT molecular complexity index is 1830. The molecule has 6 rings (SSSR count). The highest BCUT2D eigenvalue weighted by Gasteiger charge is 2.48. The molecule has 0 aliphatic carbocycles. The number of thiazole rings is 1. The Balaban J connectivity index is 1.42. The lowest BCUT2D eigenvalue weighted by Gasteiger charge is -2.23. The smallest absolute Gasteiger partial charge is 0.301 e. The lowest BCUT2D eigenvalue weighted by atomic mass is 9.95. The van der Waals surface area contributed by atoms with Crippen molar-refractivity contribution in [1.29, 1.82) is 0 Å². The maximum Gasteiger partial charge on any atom is 0.301 e. The van der Waals surface area contributed by atoms with Gasteiger partial charge >= 0.3 is 5.91 Å². The van der Waals surface area contributed by atoms with Crippen LogP contribution in [-0.4, -0.2) is 28.4 Å². The van der Waals surface area contributed by atoms with Crippen LogP contribution in [0.4, 0.5) is 5.13 Å². The van der Waals surface area contributed by atoms with Crippen molar-refractivity contribution in [2.24, 2.45) is 0 Å². The number of hydrogen-bond acceptors (Lipinski definition) is 7. The SMILES string of the molecule is CCCOc1cccc(C(O)=C2C(=O)C(=O)N(c3nc4ccc(C)cc4s3)C2c2ccc(OCc3ccccc3)cc2)c1. The van der Waals surface area contributed by atoms with Gasteiger partial charge in [0.2, 0.25) is 0 Å². The predicted molar refractivity (Wildman–Crippen MR) is 169 cm³/mol. The maximum atomic E-state index is 13.7. The van der Waals surface area contributed by atoms with E-state index in [0.29, 0.717) is 41.0 Å². The van der Waals surface area contributed by atoms with Crippen molar-refractivity contribution in [1.82, 2.24) is 4.98 Å². The highest BCUT2D eigenvalue weighted by molar-refractivity contribution is 7.22. The summed E-state index contributed by atoms with van der Waals surface area (Å²) >= 11 is 1.34. The van der Waals surface area contributed by atoms with Gasteiger partial charge in [0, 0.05) is 5.56 Å². The number of anilines is 1. The third kappa shape index (κ3) is 5.74. The van der Waals surface area contributed by atoms with Crippen molar-refractivity contribution in [2.75, 3.05) is 11.5 Å². The number of rotatable bonds is 9. The molecule has 216 valence electrons. The van der Waals surface area contributed by atoms with Gasteiger partial charge in [-0.15, -0.1) is 0 Å². The third-order valence-electron chi connectivity index (χ3n) is 7.21. The Morgan fingerprint density at radius 3 is 2.47 bits per heavy atom. The van der Waals surface area contributed by atoms with Gasteiger partial charge in [-0.25, -0.2) is 4.98 Å². The van der Waals surface area contributed by atoms with Crippen LogP contribution in [0.5, 0.6) is 11.5 Å². The van der Waals surface area contributed by atoms with Gasteiger partial charge in [0.05, 0.1) is 28.4 Å². The fraction of sp³-hybridized carbons (Fsp3) is 0.171. The summed E-state index contributed by atoms with van der Waals surface area (Å²) < 4.78 is 12.6. The molecule has 2 heterocycles. The molecule has 1 saturated heterocycles. The summed E-state index contributed by atoms with van der Waals surface area (Å²) in [7, 11) is 0. The number of benzene rings is 4. The minimum atomic E-state index is -0.898. The Morgan fingerprint density at radius 2 is 1.70 bits per heavy atom. The molecular weight excluding hydrogens is 560 g/mol. The summed E-state index contributed by atoms with van der Waals surface area (Å²) in [5, 5.41) is 12.0. The van der Waals surface area contributed by atoms with E-state index in [1.54, 1.807) is 36.4 Å². The average molecular weight is 591 g/mol. The van der Waals surface area contributed by atoms with Crippen molar-refractivity contribution >= 4 is 44.1 Å². The second kappa shape index (κ2) is 12.1. The largest absolute Gasteiger partial charge is 0.507 e. The van der Waals surface area contributed by atoms with E-state index in [0.717, 1.165) is 27.8 Å². The number of aryl methyl sites for hydroxylation is 1. The van der Waals surface area contributed by atoms with Crippen LogP contribution in [-0.2, 0) is 16.2 Å². The highest BCUT2D eigenvalue weighted by atomic mass is 32.1. The van der Waals surface area contributed by atoms with E-state index in [-0.39, 0.29) is 11.3 Å². The molecule has 0 radical (unpaired) electrons. The third-order valence-corrected chi connectivity index (χ3v) is 8.23. The van der Waals surface area contributed by atoms with Gasteiger partial charge in [-0.2, -0.15) is 0 Å². The summed E-state index contributed by atoms with van der Waals surface area (Å²) in [6.45, 7) is 4.92. The van der Waals surface area contributed by atoms with Crippen molar-refractivity contribution < 1.29 is 24.2 Å². The van der Waals surface area contributed by atoms with E-state index >= 15 is 0 Å². The fourth-order valence-corrected chi connectivity index (χ4v) is 6.15. The Labute approximate surface area is 253 Å². The minimum absolute atomic E-state index is 0.00830. The Morgan fingerprint density at radius 1 is 0.907 bits per heavy atom. The number of fused-ring (bicyclic) bond motifs is 1. The highest BCUT2D eigenvalue weighted by Crippen LogP contribution is 2.44. The first-order chi connectivity index (χ1) is 20.9. The van der Waals surface area contributed by atoms with Crippen LogP contribution in [0, 0.1) is 6.92 Å². The number of aromatic nitrogens is 1. The van der Waals surface area contributed by atoms with Crippen molar-refractivity contribution in [2.45, 2.75) is 32.9 Å². The van der Waals surface area contributed by atoms with Gasteiger partial charge < -0.3 is 14.6 Å². The molecule has 1 aromatic heterocycles. The molecule has 1 fully saturated rings. The fourth-order valence-electron chi connectivity index (χ4n) is 5.06. The predicted octanol–water partition coefficient (Wildman–Crippen LogP) is 7.60. The molecule has 1 aliphatic rings. The minimum Gasteiger partial charge on any atom is -0.507 e. The number of aliphatic hydroxyl groups is 1. The number of ketones is 1. The Kier molecular flexibility index (Phi) is 7.94. The summed E-state index contributed by atoms with van der Waals surface area (Å²) in [6.07, 6.45) is 0.827. The molecule has 7 nitrogen and oxygen atoms in total. The van der Waals surface area contributed by atoms with Gasteiger partial charge in [0.1, 0.15) is 23.9 Å². The van der Waals surface area contributed by atoms with E-state index < -0.39 is 17.7 Å². The van der Waals surface area contributed by atoms with Crippen molar-refractivity contribution in [3.05, 3.63) is 125 Å². The van der Waals surface area contributed by atoms with Gasteiger partial charge in [-0.05, 0) is 66.4 Å². The molecule has 0 spiro atoms. The van der Waals surface area contributed by atoms with Gasteiger partial charge in [0.15, 0.2) is 5.13 Å². The molecule has 1 amide bonds. The normalized spacial score (nSPS) is 16.1. The van der Waals surface area contributed by atoms with E-state index in [9.17, 15) is 14.7 Å². The van der Waals surface area contributed by atoms with Crippen LogP contribution in [0.3, 0.4) is 0 Å². The van der Waals surface area contributed by atoms with Gasteiger partial charge in [-0.3, -0.25) is 14.5 Å². The van der Waals surface area contributed by atoms with Crippen LogP contribution in [0.1, 0.15) is 41.6 Å². The lowest BCUT2D eigenvalue weighted by Crippen LogP contribution is -2.29. The van der Waals surface area contributed by atoms with Crippen molar-refractivity contribution in [3.63, 3.8) is 0 Å². The molecule has 1 atom stereocenters. The number of Topliss-reactive ketones (excluding diaryl/α,β-unsaturated/α-hetero) is 1. The van der Waals surface area contributed by atoms with Crippen LogP contribution < -0.4 is 14.4 Å². The van der Waals surface area contributed by atoms with Crippen molar-refractivity contribution in [3.8, 4) is 11.5 Å². The number of aliphatic hydroxyl groups excluding tert-OH is 1. The number of amides is 1. The molecule has 1 aliphatic heterocycles.